The van der Waals surface area contributed by atoms with Gasteiger partial charge in [-0.25, -0.2) is 0 Å². The molecule has 1 aromatic carbocycles. The van der Waals surface area contributed by atoms with Crippen LogP contribution in [0.15, 0.2) is 18.2 Å². The Kier molecular flexibility index (Phi) is 5.12. The Labute approximate surface area is 145 Å². The number of hydrogen-bond donors (Lipinski definition) is 2. The van der Waals surface area contributed by atoms with Crippen molar-refractivity contribution in [3.63, 3.8) is 0 Å². The lowest BCUT2D eigenvalue weighted by molar-refractivity contribution is -0.126. The Morgan fingerprint density at radius 1 is 1.00 bits per heavy atom. The molecule has 124 valence electrons. The second-order valence-electron chi connectivity index (χ2n) is 6.41. The van der Waals surface area contributed by atoms with Gasteiger partial charge in [-0.1, -0.05) is 42.5 Å². The van der Waals surface area contributed by atoms with Crippen molar-refractivity contribution in [1.82, 2.24) is 5.32 Å². The average Bonchev–Trinajstić information content (AvgIpc) is 3.32. The second kappa shape index (κ2) is 7.10. The van der Waals surface area contributed by atoms with E-state index in [1.54, 1.807) is 18.2 Å². The molecule has 23 heavy (non-hydrogen) atoms. The summed E-state index contributed by atoms with van der Waals surface area (Å²) in [5, 5.41) is 6.78. The first-order valence-corrected chi connectivity index (χ1v) is 8.86. The molecule has 2 saturated carbocycles. The molecule has 2 fully saturated rings. The van der Waals surface area contributed by atoms with Crippen LogP contribution >= 0.6 is 23.2 Å². The molecule has 4 nitrogen and oxygen atoms in total. The number of nitrogens with one attached hydrogen (secondary N) is 2. The van der Waals surface area contributed by atoms with Gasteiger partial charge < -0.3 is 10.6 Å². The second-order valence-corrected chi connectivity index (χ2v) is 7.25. The zero-order chi connectivity index (χ0) is 16.4. The van der Waals surface area contributed by atoms with Crippen molar-refractivity contribution in [2.24, 2.45) is 11.8 Å². The van der Waals surface area contributed by atoms with Crippen LogP contribution in [0.4, 0.5) is 5.69 Å². The molecule has 2 aliphatic rings. The number of amides is 2. The average molecular weight is 355 g/mol. The molecule has 0 bridgehead atoms. The van der Waals surface area contributed by atoms with E-state index in [-0.39, 0.29) is 29.7 Å². The third-order valence-electron chi connectivity index (χ3n) is 4.60. The zero-order valence-corrected chi connectivity index (χ0v) is 14.3. The number of halogens is 2. The van der Waals surface area contributed by atoms with E-state index in [1.807, 2.05) is 0 Å². The first-order chi connectivity index (χ1) is 11.0. The number of rotatable bonds is 4. The summed E-state index contributed by atoms with van der Waals surface area (Å²) in [6.45, 7) is 0. The van der Waals surface area contributed by atoms with Gasteiger partial charge in [0.2, 0.25) is 11.8 Å². The van der Waals surface area contributed by atoms with Gasteiger partial charge in [0, 0.05) is 11.1 Å². The van der Waals surface area contributed by atoms with Gasteiger partial charge in [0.1, 0.15) is 0 Å². The predicted molar refractivity (Wildman–Crippen MR) is 91.7 cm³/mol. The van der Waals surface area contributed by atoms with Crippen LogP contribution in [-0.4, -0.2) is 17.9 Å². The Morgan fingerprint density at radius 3 is 2.39 bits per heavy atom. The van der Waals surface area contributed by atoms with Crippen molar-refractivity contribution in [3.8, 4) is 0 Å². The molecule has 2 atom stereocenters. The largest absolute Gasteiger partial charge is 0.353 e. The number of hydrogen-bond acceptors (Lipinski definition) is 2. The summed E-state index contributed by atoms with van der Waals surface area (Å²) in [7, 11) is 0. The highest BCUT2D eigenvalue weighted by molar-refractivity contribution is 6.36. The zero-order valence-electron chi connectivity index (χ0n) is 12.8. The summed E-state index contributed by atoms with van der Waals surface area (Å²) in [6.07, 6.45) is 6.31. The van der Waals surface area contributed by atoms with Crippen LogP contribution in [-0.2, 0) is 9.59 Å². The van der Waals surface area contributed by atoms with E-state index in [2.05, 4.69) is 10.6 Å². The van der Waals surface area contributed by atoms with Crippen molar-refractivity contribution in [3.05, 3.63) is 28.2 Å². The molecular weight excluding hydrogens is 335 g/mol. The normalized spacial score (nSPS) is 24.1. The van der Waals surface area contributed by atoms with E-state index in [4.69, 9.17) is 23.2 Å². The van der Waals surface area contributed by atoms with E-state index in [0.717, 1.165) is 12.8 Å². The fraction of sp³-hybridized carbons (Fsp3) is 0.529. The van der Waals surface area contributed by atoms with Crippen LogP contribution in [0, 0.1) is 11.8 Å². The van der Waals surface area contributed by atoms with E-state index in [0.29, 0.717) is 22.2 Å². The van der Waals surface area contributed by atoms with Crippen LogP contribution in [0.5, 0.6) is 0 Å². The molecule has 0 saturated heterocycles. The summed E-state index contributed by atoms with van der Waals surface area (Å²) >= 11 is 11.9. The highest BCUT2D eigenvalue weighted by Gasteiger charge is 2.48. The van der Waals surface area contributed by atoms with Crippen LogP contribution < -0.4 is 10.6 Å². The summed E-state index contributed by atoms with van der Waals surface area (Å²) in [5.74, 6) is -0.606. The first kappa shape index (κ1) is 16.6. The standard InChI is InChI=1S/C17H20Cl2N2O2/c18-10-6-7-15(14(19)8-10)21-17(23)13-9-12(13)16(22)20-11-4-2-1-3-5-11/h6-8,11-13H,1-5,9H2,(H,20,22)(H,21,23). The molecule has 2 amide bonds. The molecular formula is C17H20Cl2N2O2. The summed E-state index contributed by atoms with van der Waals surface area (Å²) < 4.78 is 0. The smallest absolute Gasteiger partial charge is 0.228 e. The minimum Gasteiger partial charge on any atom is -0.353 e. The van der Waals surface area contributed by atoms with E-state index in [1.165, 1.54) is 19.3 Å². The lowest BCUT2D eigenvalue weighted by Crippen LogP contribution is -2.37. The Morgan fingerprint density at radius 2 is 1.70 bits per heavy atom. The monoisotopic (exact) mass is 354 g/mol. The van der Waals surface area contributed by atoms with Gasteiger partial charge in [-0.05, 0) is 37.5 Å². The molecule has 0 spiro atoms. The third kappa shape index (κ3) is 4.18. The molecule has 3 rings (SSSR count). The van der Waals surface area contributed by atoms with Crippen molar-refractivity contribution < 1.29 is 9.59 Å². The van der Waals surface area contributed by atoms with Gasteiger partial charge in [-0.3, -0.25) is 9.59 Å². The number of carbonyl (C=O) groups excluding carboxylic acids is 2. The molecule has 1 aromatic rings. The maximum absolute atomic E-state index is 12.2. The van der Waals surface area contributed by atoms with Crippen LogP contribution in [0.2, 0.25) is 10.0 Å². The fourth-order valence-electron chi connectivity index (χ4n) is 3.15. The van der Waals surface area contributed by atoms with E-state index in [9.17, 15) is 9.59 Å². The Hall–Kier alpha value is -1.26. The first-order valence-electron chi connectivity index (χ1n) is 8.11. The van der Waals surface area contributed by atoms with Gasteiger partial charge in [0.05, 0.1) is 22.5 Å². The Bertz CT molecular complexity index is 615. The molecule has 2 unspecified atom stereocenters. The minimum absolute atomic E-state index is 0.0132. The van der Waals surface area contributed by atoms with Crippen LogP contribution in [0.3, 0.4) is 0 Å². The molecule has 0 aromatic heterocycles. The molecule has 2 aliphatic carbocycles. The highest BCUT2D eigenvalue weighted by Crippen LogP contribution is 2.40. The summed E-state index contributed by atoms with van der Waals surface area (Å²) in [4.78, 5) is 24.5. The Balaban J connectivity index is 1.51. The fourth-order valence-corrected chi connectivity index (χ4v) is 3.60. The quantitative estimate of drug-likeness (QED) is 0.857. The lowest BCUT2D eigenvalue weighted by Gasteiger charge is -2.22. The van der Waals surface area contributed by atoms with E-state index >= 15 is 0 Å². The van der Waals surface area contributed by atoms with Crippen molar-refractivity contribution in [1.29, 1.82) is 0 Å². The van der Waals surface area contributed by atoms with Gasteiger partial charge >= 0.3 is 0 Å². The topological polar surface area (TPSA) is 58.2 Å². The third-order valence-corrected chi connectivity index (χ3v) is 5.15. The van der Waals surface area contributed by atoms with Crippen LogP contribution in [0.25, 0.3) is 0 Å². The maximum Gasteiger partial charge on any atom is 0.228 e. The summed E-state index contributed by atoms with van der Waals surface area (Å²) in [6, 6.07) is 5.20. The molecule has 6 heteroatoms. The molecule has 2 N–H and O–H groups in total. The predicted octanol–water partition coefficient (Wildman–Crippen LogP) is 4.02. The minimum atomic E-state index is -0.259. The van der Waals surface area contributed by atoms with Crippen molar-refractivity contribution >= 4 is 40.7 Å². The molecule has 0 aliphatic heterocycles. The number of carbonyl (C=O) groups is 2. The number of benzene rings is 1. The maximum atomic E-state index is 12.2. The highest BCUT2D eigenvalue weighted by atomic mass is 35.5. The van der Waals surface area contributed by atoms with Crippen LogP contribution in [0.1, 0.15) is 38.5 Å². The molecule has 0 heterocycles. The summed E-state index contributed by atoms with van der Waals surface area (Å²) in [5.41, 5.74) is 0.527. The number of anilines is 1. The van der Waals surface area contributed by atoms with Gasteiger partial charge in [-0.2, -0.15) is 0 Å². The molecule has 0 radical (unpaired) electrons. The van der Waals surface area contributed by atoms with Gasteiger partial charge in [0.25, 0.3) is 0 Å². The van der Waals surface area contributed by atoms with E-state index < -0.39 is 0 Å². The van der Waals surface area contributed by atoms with Crippen molar-refractivity contribution in [2.45, 2.75) is 44.6 Å². The SMILES string of the molecule is O=C(Nc1ccc(Cl)cc1Cl)C1CC1C(=O)NC1CCCCC1. The van der Waals surface area contributed by atoms with Gasteiger partial charge in [0.15, 0.2) is 0 Å². The lowest BCUT2D eigenvalue weighted by atomic mass is 9.95. The van der Waals surface area contributed by atoms with Gasteiger partial charge in [-0.15, -0.1) is 0 Å². The van der Waals surface area contributed by atoms with Crippen molar-refractivity contribution in [2.75, 3.05) is 5.32 Å².